The lowest BCUT2D eigenvalue weighted by Gasteiger charge is -2.10. The van der Waals surface area contributed by atoms with Gasteiger partial charge in [-0.15, -0.1) is 6.58 Å². The van der Waals surface area contributed by atoms with E-state index in [9.17, 15) is 5.11 Å². The fraction of sp³-hybridized carbons (Fsp3) is 0.778. The van der Waals surface area contributed by atoms with Crippen molar-refractivity contribution >= 4 is 0 Å². The van der Waals surface area contributed by atoms with E-state index in [1.165, 1.54) is 0 Å². The SMILES string of the molecule is C=CCC(O)CNCC(C)C. The van der Waals surface area contributed by atoms with E-state index in [0.717, 1.165) is 6.54 Å². The van der Waals surface area contributed by atoms with E-state index in [2.05, 4.69) is 25.7 Å². The van der Waals surface area contributed by atoms with E-state index >= 15 is 0 Å². The molecule has 0 fully saturated rings. The molecule has 1 atom stereocenters. The molecule has 0 aromatic carbocycles. The maximum Gasteiger partial charge on any atom is 0.0698 e. The van der Waals surface area contributed by atoms with Crippen LogP contribution in [0.15, 0.2) is 12.7 Å². The van der Waals surface area contributed by atoms with Crippen LogP contribution in [0.4, 0.5) is 0 Å². The third-order valence-corrected chi connectivity index (χ3v) is 1.37. The number of hydrogen-bond acceptors (Lipinski definition) is 2. The maximum atomic E-state index is 9.23. The zero-order chi connectivity index (χ0) is 8.69. The first-order chi connectivity index (χ1) is 5.16. The molecule has 0 radical (unpaired) electrons. The summed E-state index contributed by atoms with van der Waals surface area (Å²) in [7, 11) is 0. The number of aliphatic hydroxyl groups excluding tert-OH is 1. The van der Waals surface area contributed by atoms with Gasteiger partial charge in [0.05, 0.1) is 6.10 Å². The molecule has 0 bridgehead atoms. The molecule has 66 valence electrons. The summed E-state index contributed by atoms with van der Waals surface area (Å²) in [6, 6.07) is 0. The van der Waals surface area contributed by atoms with E-state index < -0.39 is 0 Å². The van der Waals surface area contributed by atoms with Crippen LogP contribution < -0.4 is 5.32 Å². The van der Waals surface area contributed by atoms with Crippen LogP contribution in [0.3, 0.4) is 0 Å². The summed E-state index contributed by atoms with van der Waals surface area (Å²) in [5.74, 6) is 0.644. The molecule has 0 spiro atoms. The minimum Gasteiger partial charge on any atom is -0.391 e. The van der Waals surface area contributed by atoms with Gasteiger partial charge >= 0.3 is 0 Å². The largest absolute Gasteiger partial charge is 0.391 e. The number of rotatable bonds is 6. The molecule has 11 heavy (non-hydrogen) atoms. The van der Waals surface area contributed by atoms with Crippen LogP contribution in [-0.2, 0) is 0 Å². The van der Waals surface area contributed by atoms with E-state index in [1.807, 2.05) is 0 Å². The van der Waals surface area contributed by atoms with Gasteiger partial charge in [0, 0.05) is 6.54 Å². The van der Waals surface area contributed by atoms with E-state index in [4.69, 9.17) is 0 Å². The van der Waals surface area contributed by atoms with E-state index in [-0.39, 0.29) is 6.10 Å². The van der Waals surface area contributed by atoms with Gasteiger partial charge in [0.2, 0.25) is 0 Å². The molecule has 0 aliphatic carbocycles. The normalized spacial score (nSPS) is 13.5. The highest BCUT2D eigenvalue weighted by molar-refractivity contribution is 4.73. The van der Waals surface area contributed by atoms with Crippen LogP contribution in [0, 0.1) is 5.92 Å². The smallest absolute Gasteiger partial charge is 0.0698 e. The second kappa shape index (κ2) is 6.38. The average Bonchev–Trinajstić information content (AvgIpc) is 1.87. The van der Waals surface area contributed by atoms with Crippen LogP contribution in [0.25, 0.3) is 0 Å². The molecule has 2 heteroatoms. The highest BCUT2D eigenvalue weighted by Crippen LogP contribution is 1.91. The van der Waals surface area contributed by atoms with Gasteiger partial charge in [0.1, 0.15) is 0 Å². The molecule has 0 heterocycles. The Hall–Kier alpha value is -0.340. The number of nitrogens with one attached hydrogen (secondary N) is 1. The summed E-state index contributed by atoms with van der Waals surface area (Å²) < 4.78 is 0. The summed E-state index contributed by atoms with van der Waals surface area (Å²) in [6.07, 6.45) is 2.14. The molecule has 0 amide bonds. The van der Waals surface area contributed by atoms with E-state index in [1.54, 1.807) is 6.08 Å². The Labute approximate surface area is 69.3 Å². The van der Waals surface area contributed by atoms with Crippen molar-refractivity contribution in [2.24, 2.45) is 5.92 Å². The topological polar surface area (TPSA) is 32.3 Å². The maximum absolute atomic E-state index is 9.23. The number of hydrogen-bond donors (Lipinski definition) is 2. The fourth-order valence-corrected chi connectivity index (χ4v) is 0.814. The standard InChI is InChI=1S/C9H19NO/c1-4-5-9(11)7-10-6-8(2)3/h4,8-11H,1,5-7H2,2-3H3. The van der Waals surface area contributed by atoms with Crippen molar-refractivity contribution in [2.75, 3.05) is 13.1 Å². The van der Waals surface area contributed by atoms with Gasteiger partial charge in [-0.1, -0.05) is 19.9 Å². The Bertz CT molecular complexity index is 102. The molecule has 0 aromatic heterocycles. The predicted molar refractivity (Wildman–Crippen MR) is 48.5 cm³/mol. The molecule has 2 nitrogen and oxygen atoms in total. The summed E-state index contributed by atoms with van der Waals surface area (Å²) in [4.78, 5) is 0. The van der Waals surface area contributed by atoms with Crippen molar-refractivity contribution in [3.63, 3.8) is 0 Å². The Morgan fingerprint density at radius 2 is 2.09 bits per heavy atom. The van der Waals surface area contributed by atoms with Crippen molar-refractivity contribution in [3.8, 4) is 0 Å². The minimum atomic E-state index is -0.272. The van der Waals surface area contributed by atoms with Gasteiger partial charge in [0.15, 0.2) is 0 Å². The van der Waals surface area contributed by atoms with Gasteiger partial charge in [-0.05, 0) is 18.9 Å². The first-order valence-corrected chi connectivity index (χ1v) is 4.16. The van der Waals surface area contributed by atoms with Gasteiger partial charge in [-0.2, -0.15) is 0 Å². The second-order valence-corrected chi connectivity index (χ2v) is 3.23. The summed E-state index contributed by atoms with van der Waals surface area (Å²) >= 11 is 0. The minimum absolute atomic E-state index is 0.272. The highest BCUT2D eigenvalue weighted by Gasteiger charge is 2.00. The first kappa shape index (κ1) is 10.7. The Balaban J connectivity index is 3.16. The van der Waals surface area contributed by atoms with Crippen molar-refractivity contribution in [3.05, 3.63) is 12.7 Å². The third kappa shape index (κ3) is 7.56. The van der Waals surface area contributed by atoms with Crippen LogP contribution >= 0.6 is 0 Å². The van der Waals surface area contributed by atoms with Gasteiger partial charge in [-0.3, -0.25) is 0 Å². The lowest BCUT2D eigenvalue weighted by molar-refractivity contribution is 0.173. The lowest BCUT2D eigenvalue weighted by Crippen LogP contribution is -2.29. The van der Waals surface area contributed by atoms with Crippen molar-refractivity contribution in [2.45, 2.75) is 26.4 Å². The quantitative estimate of drug-likeness (QED) is 0.567. The molecule has 1 unspecified atom stereocenters. The molecular weight excluding hydrogens is 138 g/mol. The summed E-state index contributed by atoms with van der Waals surface area (Å²) in [6.45, 7) is 9.48. The van der Waals surface area contributed by atoms with Crippen LogP contribution in [0.2, 0.25) is 0 Å². The van der Waals surface area contributed by atoms with Crippen LogP contribution in [0.5, 0.6) is 0 Å². The Morgan fingerprint density at radius 1 is 1.45 bits per heavy atom. The first-order valence-electron chi connectivity index (χ1n) is 4.16. The van der Waals surface area contributed by atoms with Crippen LogP contribution in [0.1, 0.15) is 20.3 Å². The number of aliphatic hydroxyl groups is 1. The van der Waals surface area contributed by atoms with Crippen LogP contribution in [-0.4, -0.2) is 24.3 Å². The van der Waals surface area contributed by atoms with Crippen molar-refractivity contribution in [1.82, 2.24) is 5.32 Å². The zero-order valence-corrected chi connectivity index (χ0v) is 7.51. The molecule has 0 aliphatic heterocycles. The molecule has 0 rings (SSSR count). The zero-order valence-electron chi connectivity index (χ0n) is 7.51. The summed E-state index contributed by atoms with van der Waals surface area (Å²) in [5, 5.41) is 12.4. The monoisotopic (exact) mass is 157 g/mol. The van der Waals surface area contributed by atoms with Crippen molar-refractivity contribution < 1.29 is 5.11 Å². The van der Waals surface area contributed by atoms with Crippen molar-refractivity contribution in [1.29, 1.82) is 0 Å². The fourth-order valence-electron chi connectivity index (χ4n) is 0.814. The third-order valence-electron chi connectivity index (χ3n) is 1.37. The van der Waals surface area contributed by atoms with Gasteiger partial charge in [0.25, 0.3) is 0 Å². The van der Waals surface area contributed by atoms with E-state index in [0.29, 0.717) is 18.9 Å². The molecular formula is C9H19NO. The van der Waals surface area contributed by atoms with Gasteiger partial charge < -0.3 is 10.4 Å². The molecule has 0 saturated carbocycles. The Morgan fingerprint density at radius 3 is 2.55 bits per heavy atom. The average molecular weight is 157 g/mol. The molecule has 0 aromatic rings. The molecule has 2 N–H and O–H groups in total. The molecule has 0 aliphatic rings. The molecule has 0 saturated heterocycles. The van der Waals surface area contributed by atoms with Gasteiger partial charge in [-0.25, -0.2) is 0 Å². The second-order valence-electron chi connectivity index (χ2n) is 3.23. The lowest BCUT2D eigenvalue weighted by atomic mass is 10.2. The summed E-state index contributed by atoms with van der Waals surface area (Å²) in [5.41, 5.74) is 0. The predicted octanol–water partition coefficient (Wildman–Crippen LogP) is 1.17. The highest BCUT2D eigenvalue weighted by atomic mass is 16.3. The Kier molecular flexibility index (Phi) is 6.18.